The van der Waals surface area contributed by atoms with Crippen LogP contribution in [0.5, 0.6) is 0 Å². The lowest BCUT2D eigenvalue weighted by atomic mass is 10.1. The fourth-order valence-corrected chi connectivity index (χ4v) is 1.82. The molecule has 80 valence electrons. The molecule has 0 aliphatic heterocycles. The number of fused-ring (bicyclic) bond motifs is 1. The van der Waals surface area contributed by atoms with Crippen molar-refractivity contribution >= 4 is 10.9 Å². The zero-order chi connectivity index (χ0) is 10.8. The summed E-state index contributed by atoms with van der Waals surface area (Å²) in [6, 6.07) is 6.33. The van der Waals surface area contributed by atoms with Gasteiger partial charge in [0.25, 0.3) is 0 Å². The molecule has 2 rings (SSSR count). The summed E-state index contributed by atoms with van der Waals surface area (Å²) in [7, 11) is 4.15. The Balaban J connectivity index is 2.46. The van der Waals surface area contributed by atoms with E-state index in [1.54, 1.807) is 0 Å². The lowest BCUT2D eigenvalue weighted by Gasteiger charge is -2.08. The van der Waals surface area contributed by atoms with Crippen molar-refractivity contribution in [1.29, 1.82) is 0 Å². The van der Waals surface area contributed by atoms with Crippen LogP contribution in [0.2, 0.25) is 0 Å². The molecule has 2 aromatic rings. The molecule has 0 bridgehead atoms. The monoisotopic (exact) mass is 203 g/mol. The Labute approximate surface area is 89.9 Å². The van der Waals surface area contributed by atoms with Crippen molar-refractivity contribution in [2.24, 2.45) is 5.73 Å². The number of H-pyrrole nitrogens is 1. The predicted octanol–water partition coefficient (Wildman–Crippen LogP) is 1.69. The van der Waals surface area contributed by atoms with E-state index >= 15 is 0 Å². The smallest absolute Gasteiger partial charge is 0.0457 e. The summed E-state index contributed by atoms with van der Waals surface area (Å²) in [5, 5.41) is 1.28. The average molecular weight is 203 g/mol. The molecule has 0 atom stereocenters. The van der Waals surface area contributed by atoms with Crippen LogP contribution in [0.15, 0.2) is 24.4 Å². The van der Waals surface area contributed by atoms with Crippen LogP contribution < -0.4 is 5.73 Å². The maximum Gasteiger partial charge on any atom is 0.0457 e. The molecule has 0 radical (unpaired) electrons. The van der Waals surface area contributed by atoms with Gasteiger partial charge in [-0.1, -0.05) is 6.07 Å². The topological polar surface area (TPSA) is 45.0 Å². The molecule has 15 heavy (non-hydrogen) atoms. The van der Waals surface area contributed by atoms with Gasteiger partial charge in [-0.05, 0) is 37.4 Å². The van der Waals surface area contributed by atoms with E-state index in [0.717, 1.165) is 6.54 Å². The van der Waals surface area contributed by atoms with Gasteiger partial charge in [-0.2, -0.15) is 0 Å². The summed E-state index contributed by atoms with van der Waals surface area (Å²) < 4.78 is 0. The van der Waals surface area contributed by atoms with E-state index in [-0.39, 0.29) is 0 Å². The van der Waals surface area contributed by atoms with Gasteiger partial charge in [0.2, 0.25) is 0 Å². The third-order valence-corrected chi connectivity index (χ3v) is 2.55. The van der Waals surface area contributed by atoms with E-state index in [2.05, 4.69) is 48.4 Å². The van der Waals surface area contributed by atoms with Crippen LogP contribution in [0.25, 0.3) is 10.9 Å². The molecular weight excluding hydrogens is 186 g/mol. The Kier molecular flexibility index (Phi) is 2.75. The highest BCUT2D eigenvalue weighted by Crippen LogP contribution is 2.20. The summed E-state index contributed by atoms with van der Waals surface area (Å²) >= 11 is 0. The van der Waals surface area contributed by atoms with Gasteiger partial charge in [-0.15, -0.1) is 0 Å². The number of aromatic nitrogens is 1. The molecule has 0 fully saturated rings. The van der Waals surface area contributed by atoms with Crippen LogP contribution in [-0.4, -0.2) is 24.0 Å². The first-order valence-corrected chi connectivity index (χ1v) is 5.14. The van der Waals surface area contributed by atoms with Crippen LogP contribution in [0.4, 0.5) is 0 Å². The molecule has 0 spiro atoms. The summed E-state index contributed by atoms with van der Waals surface area (Å²) in [4.78, 5) is 5.44. The molecule has 0 unspecified atom stereocenters. The minimum absolute atomic E-state index is 0.600. The van der Waals surface area contributed by atoms with E-state index in [4.69, 9.17) is 5.73 Å². The van der Waals surface area contributed by atoms with Crippen LogP contribution in [0, 0.1) is 0 Å². The number of nitrogens with two attached hydrogens (primary N) is 1. The molecule has 3 nitrogen and oxygen atoms in total. The highest BCUT2D eigenvalue weighted by Gasteiger charge is 2.04. The maximum absolute atomic E-state index is 5.64. The first-order chi connectivity index (χ1) is 7.20. The van der Waals surface area contributed by atoms with Crippen LogP contribution in [0.3, 0.4) is 0 Å². The van der Waals surface area contributed by atoms with Crippen molar-refractivity contribution in [3.8, 4) is 0 Å². The van der Waals surface area contributed by atoms with Crippen LogP contribution in [-0.2, 0) is 13.1 Å². The molecule has 0 aliphatic carbocycles. The summed E-state index contributed by atoms with van der Waals surface area (Å²) in [5.41, 5.74) is 9.33. The standard InChI is InChI=1S/C12H17N3/c1-15(2)8-10-7-14-12-4-3-9(6-13)5-11(10)12/h3-5,7,14H,6,8,13H2,1-2H3. The third kappa shape index (κ3) is 2.03. The lowest BCUT2D eigenvalue weighted by Crippen LogP contribution is -2.10. The average Bonchev–Trinajstić information content (AvgIpc) is 2.60. The summed E-state index contributed by atoms with van der Waals surface area (Å²) in [5.74, 6) is 0. The van der Waals surface area contributed by atoms with Gasteiger partial charge in [-0.3, -0.25) is 0 Å². The highest BCUT2D eigenvalue weighted by atomic mass is 15.0. The lowest BCUT2D eigenvalue weighted by molar-refractivity contribution is 0.404. The second kappa shape index (κ2) is 4.04. The van der Waals surface area contributed by atoms with E-state index in [9.17, 15) is 0 Å². The van der Waals surface area contributed by atoms with Gasteiger partial charge in [0.15, 0.2) is 0 Å². The first kappa shape index (κ1) is 10.2. The zero-order valence-corrected chi connectivity index (χ0v) is 9.25. The molecular formula is C12H17N3. The Morgan fingerprint density at radius 1 is 1.33 bits per heavy atom. The van der Waals surface area contributed by atoms with E-state index in [1.165, 1.54) is 22.0 Å². The Hall–Kier alpha value is -1.32. The van der Waals surface area contributed by atoms with Gasteiger partial charge in [0.05, 0.1) is 0 Å². The second-order valence-electron chi connectivity index (χ2n) is 4.14. The van der Waals surface area contributed by atoms with Crippen LogP contribution in [0.1, 0.15) is 11.1 Å². The summed E-state index contributed by atoms with van der Waals surface area (Å²) in [6.45, 7) is 1.55. The SMILES string of the molecule is CN(C)Cc1c[nH]c2ccc(CN)cc12. The first-order valence-electron chi connectivity index (χ1n) is 5.14. The maximum atomic E-state index is 5.64. The van der Waals surface area contributed by atoms with Crippen molar-refractivity contribution in [2.45, 2.75) is 13.1 Å². The van der Waals surface area contributed by atoms with Crippen molar-refractivity contribution in [2.75, 3.05) is 14.1 Å². The number of aromatic amines is 1. The van der Waals surface area contributed by atoms with Gasteiger partial charge in [-0.25, -0.2) is 0 Å². The van der Waals surface area contributed by atoms with Gasteiger partial charge in [0, 0.05) is 30.2 Å². The van der Waals surface area contributed by atoms with E-state index in [1.807, 2.05) is 0 Å². The molecule has 0 amide bonds. The highest BCUT2D eigenvalue weighted by molar-refractivity contribution is 5.83. The Morgan fingerprint density at radius 3 is 2.80 bits per heavy atom. The molecule has 3 N–H and O–H groups in total. The normalized spacial score (nSPS) is 11.5. The Morgan fingerprint density at radius 2 is 2.13 bits per heavy atom. The van der Waals surface area contributed by atoms with E-state index in [0.29, 0.717) is 6.54 Å². The van der Waals surface area contributed by atoms with Gasteiger partial charge >= 0.3 is 0 Å². The van der Waals surface area contributed by atoms with Gasteiger partial charge < -0.3 is 15.6 Å². The number of hydrogen-bond donors (Lipinski definition) is 2. The van der Waals surface area contributed by atoms with Gasteiger partial charge in [0.1, 0.15) is 0 Å². The fraction of sp³-hybridized carbons (Fsp3) is 0.333. The largest absolute Gasteiger partial charge is 0.361 e. The minimum Gasteiger partial charge on any atom is -0.361 e. The quantitative estimate of drug-likeness (QED) is 0.797. The number of benzene rings is 1. The molecule has 0 saturated heterocycles. The molecule has 3 heteroatoms. The number of hydrogen-bond acceptors (Lipinski definition) is 2. The molecule has 1 heterocycles. The minimum atomic E-state index is 0.600. The predicted molar refractivity (Wildman–Crippen MR) is 63.6 cm³/mol. The summed E-state index contributed by atoms with van der Waals surface area (Å²) in [6.07, 6.45) is 2.07. The molecule has 1 aromatic heterocycles. The van der Waals surface area contributed by atoms with Crippen molar-refractivity contribution in [3.63, 3.8) is 0 Å². The zero-order valence-electron chi connectivity index (χ0n) is 9.25. The molecule has 1 aromatic carbocycles. The Bertz CT molecular complexity index is 457. The van der Waals surface area contributed by atoms with Crippen molar-refractivity contribution in [3.05, 3.63) is 35.5 Å². The third-order valence-electron chi connectivity index (χ3n) is 2.55. The van der Waals surface area contributed by atoms with Crippen LogP contribution >= 0.6 is 0 Å². The number of nitrogens with one attached hydrogen (secondary N) is 1. The van der Waals surface area contributed by atoms with Crippen molar-refractivity contribution < 1.29 is 0 Å². The fourth-order valence-electron chi connectivity index (χ4n) is 1.82. The van der Waals surface area contributed by atoms with E-state index < -0.39 is 0 Å². The molecule has 0 aliphatic rings. The number of rotatable bonds is 3. The molecule has 0 saturated carbocycles. The number of nitrogens with zero attached hydrogens (tertiary/aromatic N) is 1. The second-order valence-corrected chi connectivity index (χ2v) is 4.14. The van der Waals surface area contributed by atoms with Crippen molar-refractivity contribution in [1.82, 2.24) is 9.88 Å².